The molecule has 0 spiro atoms. The summed E-state index contributed by atoms with van der Waals surface area (Å²) in [7, 11) is 0. The van der Waals surface area contributed by atoms with Crippen molar-refractivity contribution in [2.24, 2.45) is 5.92 Å². The number of hydrogen-bond acceptors (Lipinski definition) is 3. The Kier molecular flexibility index (Phi) is 3.34. The molecule has 0 bridgehead atoms. The van der Waals surface area contributed by atoms with E-state index >= 15 is 0 Å². The van der Waals surface area contributed by atoms with Crippen LogP contribution in [0.4, 0.5) is 0 Å². The number of benzene rings is 1. The highest BCUT2D eigenvalue weighted by Gasteiger charge is 2.23. The summed E-state index contributed by atoms with van der Waals surface area (Å²) in [5.74, 6) is 1.66. The normalized spacial score (nSPS) is 17.9. The van der Waals surface area contributed by atoms with Gasteiger partial charge < -0.3 is 5.32 Å². The van der Waals surface area contributed by atoms with Crippen LogP contribution in [0, 0.1) is 5.92 Å². The molecule has 19 heavy (non-hydrogen) atoms. The average molecular weight is 256 g/mol. The Labute approximate surface area is 113 Å². The number of fused-ring (bicyclic) bond motifs is 1. The molecule has 1 aromatic heterocycles. The van der Waals surface area contributed by atoms with Gasteiger partial charge in [0.05, 0.1) is 0 Å². The molecule has 100 valence electrons. The Morgan fingerprint density at radius 3 is 3.05 bits per heavy atom. The molecule has 1 unspecified atom stereocenters. The summed E-state index contributed by atoms with van der Waals surface area (Å²) in [6.07, 6.45) is 2.57. The van der Waals surface area contributed by atoms with Crippen molar-refractivity contribution in [3.05, 3.63) is 47.5 Å². The maximum absolute atomic E-state index is 4.42. The van der Waals surface area contributed by atoms with Gasteiger partial charge in [-0.25, -0.2) is 9.67 Å². The molecule has 0 saturated carbocycles. The minimum Gasteiger partial charge on any atom is -0.305 e. The molecule has 0 fully saturated rings. The second kappa shape index (κ2) is 5.13. The number of rotatable bonds is 4. The molecule has 2 aromatic rings. The van der Waals surface area contributed by atoms with Gasteiger partial charge in [-0.1, -0.05) is 38.1 Å². The van der Waals surface area contributed by atoms with E-state index in [-0.39, 0.29) is 0 Å². The van der Waals surface area contributed by atoms with Gasteiger partial charge in [0.25, 0.3) is 0 Å². The van der Waals surface area contributed by atoms with E-state index in [4.69, 9.17) is 0 Å². The second-order valence-corrected chi connectivity index (χ2v) is 5.59. The van der Waals surface area contributed by atoms with E-state index < -0.39 is 0 Å². The lowest BCUT2D eigenvalue weighted by molar-refractivity contribution is 0.451. The molecule has 0 amide bonds. The largest absolute Gasteiger partial charge is 0.305 e. The van der Waals surface area contributed by atoms with E-state index in [2.05, 4.69) is 53.5 Å². The molecule has 3 rings (SSSR count). The molecule has 1 N–H and O–H groups in total. The zero-order chi connectivity index (χ0) is 13.2. The summed E-state index contributed by atoms with van der Waals surface area (Å²) in [5, 5.41) is 7.89. The quantitative estimate of drug-likeness (QED) is 0.913. The third kappa shape index (κ3) is 2.54. The van der Waals surface area contributed by atoms with Crippen LogP contribution in [0.3, 0.4) is 0 Å². The van der Waals surface area contributed by atoms with E-state index in [1.165, 1.54) is 11.1 Å². The molecule has 1 aliphatic heterocycles. The van der Waals surface area contributed by atoms with Crippen molar-refractivity contribution in [2.45, 2.75) is 39.4 Å². The topological polar surface area (TPSA) is 42.7 Å². The summed E-state index contributed by atoms with van der Waals surface area (Å²) in [4.78, 5) is 4.42. The van der Waals surface area contributed by atoms with Crippen molar-refractivity contribution < 1.29 is 0 Å². The molecule has 4 heteroatoms. The van der Waals surface area contributed by atoms with E-state index in [9.17, 15) is 0 Å². The lowest BCUT2D eigenvalue weighted by Crippen LogP contribution is -2.19. The monoisotopic (exact) mass is 256 g/mol. The third-order valence-electron chi connectivity index (χ3n) is 3.59. The van der Waals surface area contributed by atoms with Gasteiger partial charge in [-0.3, -0.25) is 0 Å². The molecule has 4 nitrogen and oxygen atoms in total. The number of hydrogen-bond donors (Lipinski definition) is 1. The fourth-order valence-corrected chi connectivity index (χ4v) is 2.69. The van der Waals surface area contributed by atoms with Crippen LogP contribution < -0.4 is 5.32 Å². The van der Waals surface area contributed by atoms with E-state index in [1.807, 2.05) is 4.68 Å². The van der Waals surface area contributed by atoms with Gasteiger partial charge in [0.15, 0.2) is 0 Å². The maximum atomic E-state index is 4.42. The lowest BCUT2D eigenvalue weighted by Gasteiger charge is -2.13. The lowest BCUT2D eigenvalue weighted by atomic mass is 10.0. The smallest absolute Gasteiger partial charge is 0.138 e. The Morgan fingerprint density at radius 1 is 1.37 bits per heavy atom. The van der Waals surface area contributed by atoms with E-state index in [1.54, 1.807) is 6.33 Å². The van der Waals surface area contributed by atoms with E-state index in [0.717, 1.165) is 25.3 Å². The van der Waals surface area contributed by atoms with Gasteiger partial charge in [-0.05, 0) is 17.0 Å². The first-order chi connectivity index (χ1) is 9.24. The van der Waals surface area contributed by atoms with Gasteiger partial charge in [-0.15, -0.1) is 0 Å². The zero-order valence-corrected chi connectivity index (χ0v) is 11.5. The molecular weight excluding hydrogens is 236 g/mol. The standard InChI is InChI=1S/C15H20N4/c1-11(2)9-19-15(17-10-18-19)7-14-13-6-4-3-5-12(13)8-16-14/h3-6,10-11,14,16H,7-9H2,1-2H3. The van der Waals surface area contributed by atoms with Gasteiger partial charge in [0.1, 0.15) is 12.2 Å². The molecule has 0 radical (unpaired) electrons. The van der Waals surface area contributed by atoms with Crippen molar-refractivity contribution >= 4 is 0 Å². The van der Waals surface area contributed by atoms with Crippen LogP contribution in [-0.4, -0.2) is 14.8 Å². The van der Waals surface area contributed by atoms with Crippen molar-refractivity contribution in [3.8, 4) is 0 Å². The maximum Gasteiger partial charge on any atom is 0.138 e. The molecule has 1 aliphatic rings. The van der Waals surface area contributed by atoms with Crippen LogP contribution in [0.1, 0.15) is 36.8 Å². The van der Waals surface area contributed by atoms with Crippen molar-refractivity contribution in [2.75, 3.05) is 0 Å². The highest BCUT2D eigenvalue weighted by molar-refractivity contribution is 5.34. The third-order valence-corrected chi connectivity index (χ3v) is 3.59. The SMILES string of the molecule is CC(C)Cn1ncnc1CC1NCc2ccccc21. The van der Waals surface area contributed by atoms with Gasteiger partial charge in [0, 0.05) is 25.6 Å². The Hall–Kier alpha value is -1.68. The number of aromatic nitrogens is 3. The van der Waals surface area contributed by atoms with Crippen LogP contribution in [-0.2, 0) is 19.5 Å². The first kappa shape index (κ1) is 12.4. The molecule has 0 saturated heterocycles. The van der Waals surface area contributed by atoms with Crippen LogP contribution >= 0.6 is 0 Å². The van der Waals surface area contributed by atoms with E-state index in [0.29, 0.717) is 12.0 Å². The highest BCUT2D eigenvalue weighted by Crippen LogP contribution is 2.27. The average Bonchev–Trinajstić information content (AvgIpc) is 2.98. The van der Waals surface area contributed by atoms with Crippen LogP contribution in [0.5, 0.6) is 0 Å². The Morgan fingerprint density at radius 2 is 2.21 bits per heavy atom. The Bertz CT molecular complexity index is 559. The predicted molar refractivity (Wildman–Crippen MR) is 74.6 cm³/mol. The Balaban J connectivity index is 1.78. The van der Waals surface area contributed by atoms with Crippen LogP contribution in [0.25, 0.3) is 0 Å². The highest BCUT2D eigenvalue weighted by atomic mass is 15.3. The molecule has 1 atom stereocenters. The second-order valence-electron chi connectivity index (χ2n) is 5.59. The zero-order valence-electron chi connectivity index (χ0n) is 11.5. The first-order valence-corrected chi connectivity index (χ1v) is 6.92. The van der Waals surface area contributed by atoms with Gasteiger partial charge in [0.2, 0.25) is 0 Å². The first-order valence-electron chi connectivity index (χ1n) is 6.92. The van der Waals surface area contributed by atoms with Gasteiger partial charge in [-0.2, -0.15) is 5.10 Å². The van der Waals surface area contributed by atoms with Crippen LogP contribution in [0.2, 0.25) is 0 Å². The molecule has 1 aromatic carbocycles. The summed E-state index contributed by atoms with van der Waals surface area (Å²) in [6.45, 7) is 6.30. The molecule has 0 aliphatic carbocycles. The van der Waals surface area contributed by atoms with Crippen molar-refractivity contribution in [3.63, 3.8) is 0 Å². The van der Waals surface area contributed by atoms with Crippen LogP contribution in [0.15, 0.2) is 30.6 Å². The summed E-state index contributed by atoms with van der Waals surface area (Å²) >= 11 is 0. The number of nitrogens with one attached hydrogen (secondary N) is 1. The summed E-state index contributed by atoms with van der Waals surface area (Å²) < 4.78 is 2.04. The van der Waals surface area contributed by atoms with Crippen molar-refractivity contribution in [1.29, 1.82) is 0 Å². The fourth-order valence-electron chi connectivity index (χ4n) is 2.69. The minimum absolute atomic E-state index is 0.367. The van der Waals surface area contributed by atoms with Crippen molar-refractivity contribution in [1.82, 2.24) is 20.1 Å². The summed E-state index contributed by atoms with van der Waals surface area (Å²) in [5.41, 5.74) is 2.81. The molecule has 2 heterocycles. The predicted octanol–water partition coefficient (Wildman–Crippen LogP) is 2.32. The fraction of sp³-hybridized carbons (Fsp3) is 0.467. The molecular formula is C15H20N4. The number of nitrogens with zero attached hydrogens (tertiary/aromatic N) is 3. The minimum atomic E-state index is 0.367. The van der Waals surface area contributed by atoms with Gasteiger partial charge >= 0.3 is 0 Å². The summed E-state index contributed by atoms with van der Waals surface area (Å²) in [6, 6.07) is 8.98.